The highest BCUT2D eigenvalue weighted by Gasteiger charge is 2.22. The fourth-order valence-electron chi connectivity index (χ4n) is 1.79. The number of para-hydroxylation sites is 1. The quantitative estimate of drug-likeness (QED) is 0.790. The van der Waals surface area contributed by atoms with Gasteiger partial charge < -0.3 is 10.1 Å². The van der Waals surface area contributed by atoms with Crippen molar-refractivity contribution in [3.05, 3.63) is 24.3 Å². The number of rotatable bonds is 4. The van der Waals surface area contributed by atoms with Crippen molar-refractivity contribution in [3.8, 4) is 0 Å². The Labute approximate surface area is 109 Å². The molecule has 0 aliphatic carbocycles. The second-order valence-corrected chi connectivity index (χ2v) is 4.04. The van der Waals surface area contributed by atoms with Crippen LogP contribution in [0.4, 0.5) is 0 Å². The summed E-state index contributed by atoms with van der Waals surface area (Å²) in [4.78, 5) is 22.7. The van der Waals surface area contributed by atoms with Crippen LogP contribution in [0, 0.1) is 0 Å². The predicted octanol–water partition coefficient (Wildman–Crippen LogP) is 0.109. The number of nitrogens with one attached hydrogen (secondary N) is 1. The summed E-state index contributed by atoms with van der Waals surface area (Å²) >= 11 is 0. The molecule has 0 saturated carbocycles. The minimum Gasteiger partial charge on any atom is -0.467 e. The van der Waals surface area contributed by atoms with Gasteiger partial charge >= 0.3 is 5.97 Å². The molecule has 1 heterocycles. The summed E-state index contributed by atoms with van der Waals surface area (Å²) in [5.41, 5.74) is 1.52. The van der Waals surface area contributed by atoms with Gasteiger partial charge in [0, 0.05) is 6.92 Å². The highest BCUT2D eigenvalue weighted by atomic mass is 16.5. The standard InChI is InChI=1S/C12H14N4O3/c1-8(17)13-10(12(18)19-2)7-16-11-6-4-3-5-9(11)14-15-16/h3-6,10H,7H2,1-2H3,(H,13,17). The summed E-state index contributed by atoms with van der Waals surface area (Å²) in [7, 11) is 1.27. The molecule has 0 aliphatic heterocycles. The van der Waals surface area contributed by atoms with Crippen molar-refractivity contribution in [3.63, 3.8) is 0 Å². The Bertz CT molecular complexity index is 608. The van der Waals surface area contributed by atoms with Crippen LogP contribution in [-0.2, 0) is 20.9 Å². The van der Waals surface area contributed by atoms with Gasteiger partial charge in [-0.2, -0.15) is 0 Å². The average molecular weight is 262 g/mol. The SMILES string of the molecule is COC(=O)C(Cn1nnc2ccccc21)NC(C)=O. The lowest BCUT2D eigenvalue weighted by Crippen LogP contribution is -2.43. The van der Waals surface area contributed by atoms with Crippen molar-refractivity contribution in [1.29, 1.82) is 0 Å². The summed E-state index contributed by atoms with van der Waals surface area (Å²) in [6.45, 7) is 1.52. The minimum atomic E-state index is -0.785. The molecule has 2 rings (SSSR count). The number of hydrogen-bond acceptors (Lipinski definition) is 5. The zero-order valence-corrected chi connectivity index (χ0v) is 10.7. The summed E-state index contributed by atoms with van der Waals surface area (Å²) < 4.78 is 6.22. The number of amides is 1. The fraction of sp³-hybridized carbons (Fsp3) is 0.333. The first-order chi connectivity index (χ1) is 9.11. The molecular formula is C12H14N4O3. The van der Waals surface area contributed by atoms with E-state index in [0.29, 0.717) is 0 Å². The summed E-state index contributed by atoms with van der Waals surface area (Å²) in [6.07, 6.45) is 0. The monoisotopic (exact) mass is 262 g/mol. The number of carbonyl (C=O) groups excluding carboxylic acids is 2. The van der Waals surface area contributed by atoms with E-state index in [1.54, 1.807) is 4.68 Å². The van der Waals surface area contributed by atoms with Crippen LogP contribution in [0.15, 0.2) is 24.3 Å². The first kappa shape index (κ1) is 13.0. The fourth-order valence-corrected chi connectivity index (χ4v) is 1.79. The van der Waals surface area contributed by atoms with E-state index in [0.717, 1.165) is 11.0 Å². The normalized spacial score (nSPS) is 12.1. The van der Waals surface area contributed by atoms with Crippen LogP contribution in [0.5, 0.6) is 0 Å². The Morgan fingerprint density at radius 3 is 2.84 bits per heavy atom. The Kier molecular flexibility index (Phi) is 3.74. The molecule has 1 atom stereocenters. The number of fused-ring (bicyclic) bond motifs is 1. The number of esters is 1. The van der Waals surface area contributed by atoms with Crippen LogP contribution in [0.25, 0.3) is 11.0 Å². The van der Waals surface area contributed by atoms with Crippen LogP contribution in [0.2, 0.25) is 0 Å². The molecule has 1 aromatic heterocycles. The molecule has 0 saturated heterocycles. The number of benzene rings is 1. The van der Waals surface area contributed by atoms with Gasteiger partial charge in [0.1, 0.15) is 11.6 Å². The van der Waals surface area contributed by atoms with Crippen molar-refractivity contribution < 1.29 is 14.3 Å². The van der Waals surface area contributed by atoms with Crippen molar-refractivity contribution in [1.82, 2.24) is 20.3 Å². The van der Waals surface area contributed by atoms with E-state index in [4.69, 9.17) is 0 Å². The van der Waals surface area contributed by atoms with Gasteiger partial charge in [0.2, 0.25) is 5.91 Å². The molecule has 0 spiro atoms. The van der Waals surface area contributed by atoms with Crippen LogP contribution >= 0.6 is 0 Å². The molecule has 2 aromatic rings. The van der Waals surface area contributed by atoms with Crippen LogP contribution in [0.3, 0.4) is 0 Å². The molecule has 0 bridgehead atoms. The highest BCUT2D eigenvalue weighted by molar-refractivity contribution is 5.83. The second-order valence-electron chi connectivity index (χ2n) is 4.04. The maximum atomic E-state index is 11.6. The number of methoxy groups -OCH3 is 1. The Morgan fingerprint density at radius 2 is 2.16 bits per heavy atom. The molecule has 0 radical (unpaired) electrons. The lowest BCUT2D eigenvalue weighted by Gasteiger charge is -2.15. The lowest BCUT2D eigenvalue weighted by atomic mass is 10.2. The molecule has 19 heavy (non-hydrogen) atoms. The Hall–Kier alpha value is -2.44. The van der Waals surface area contributed by atoms with Gasteiger partial charge in [-0.15, -0.1) is 5.10 Å². The second kappa shape index (κ2) is 5.47. The summed E-state index contributed by atoms with van der Waals surface area (Å²) in [6, 6.07) is 6.59. The third-order valence-corrected chi connectivity index (χ3v) is 2.64. The maximum absolute atomic E-state index is 11.6. The third kappa shape index (κ3) is 2.87. The van der Waals surface area contributed by atoms with Gasteiger partial charge in [-0.05, 0) is 12.1 Å². The van der Waals surface area contributed by atoms with E-state index >= 15 is 0 Å². The summed E-state index contributed by atoms with van der Waals surface area (Å²) in [5, 5.41) is 10.5. The first-order valence-corrected chi connectivity index (χ1v) is 5.75. The van der Waals surface area contributed by atoms with Crippen LogP contribution in [-0.4, -0.2) is 40.0 Å². The number of carbonyl (C=O) groups is 2. The highest BCUT2D eigenvalue weighted by Crippen LogP contribution is 2.10. The van der Waals surface area contributed by atoms with Gasteiger partial charge in [0.15, 0.2) is 0 Å². The van der Waals surface area contributed by atoms with E-state index in [9.17, 15) is 9.59 Å². The van der Waals surface area contributed by atoms with E-state index in [1.165, 1.54) is 14.0 Å². The Morgan fingerprint density at radius 1 is 1.42 bits per heavy atom. The molecular weight excluding hydrogens is 248 g/mol. The molecule has 7 nitrogen and oxygen atoms in total. The molecule has 1 N–H and O–H groups in total. The van der Waals surface area contributed by atoms with Gasteiger partial charge in [-0.3, -0.25) is 4.79 Å². The smallest absolute Gasteiger partial charge is 0.330 e. The molecule has 0 aliphatic rings. The predicted molar refractivity (Wildman–Crippen MR) is 67.1 cm³/mol. The zero-order valence-electron chi connectivity index (χ0n) is 10.7. The van der Waals surface area contributed by atoms with E-state index in [2.05, 4.69) is 20.4 Å². The number of aromatic nitrogens is 3. The number of nitrogens with zero attached hydrogens (tertiary/aromatic N) is 3. The summed E-state index contributed by atoms with van der Waals surface area (Å²) in [5.74, 6) is -0.824. The minimum absolute atomic E-state index is 0.173. The molecule has 1 aromatic carbocycles. The van der Waals surface area contributed by atoms with Crippen LogP contribution < -0.4 is 5.32 Å². The third-order valence-electron chi connectivity index (χ3n) is 2.64. The average Bonchev–Trinajstić information content (AvgIpc) is 2.80. The van der Waals surface area contributed by atoms with Crippen LogP contribution in [0.1, 0.15) is 6.92 Å². The van der Waals surface area contributed by atoms with E-state index in [-0.39, 0.29) is 12.5 Å². The molecule has 1 amide bonds. The van der Waals surface area contributed by atoms with Crippen molar-refractivity contribution >= 4 is 22.9 Å². The van der Waals surface area contributed by atoms with Gasteiger partial charge in [0.05, 0.1) is 19.2 Å². The maximum Gasteiger partial charge on any atom is 0.330 e. The molecule has 7 heteroatoms. The van der Waals surface area contributed by atoms with Crippen molar-refractivity contribution in [2.45, 2.75) is 19.5 Å². The van der Waals surface area contributed by atoms with Crippen molar-refractivity contribution in [2.24, 2.45) is 0 Å². The molecule has 0 fully saturated rings. The topological polar surface area (TPSA) is 86.1 Å². The number of ether oxygens (including phenoxy) is 1. The van der Waals surface area contributed by atoms with Gasteiger partial charge in [-0.1, -0.05) is 17.3 Å². The van der Waals surface area contributed by atoms with Gasteiger partial charge in [0.25, 0.3) is 0 Å². The zero-order chi connectivity index (χ0) is 13.8. The lowest BCUT2D eigenvalue weighted by molar-refractivity contribution is -0.145. The number of hydrogen-bond donors (Lipinski definition) is 1. The van der Waals surface area contributed by atoms with E-state index in [1.807, 2.05) is 24.3 Å². The first-order valence-electron chi connectivity index (χ1n) is 5.75. The van der Waals surface area contributed by atoms with E-state index < -0.39 is 12.0 Å². The Balaban J connectivity index is 2.25. The largest absolute Gasteiger partial charge is 0.467 e. The molecule has 1 unspecified atom stereocenters. The van der Waals surface area contributed by atoms with Crippen molar-refractivity contribution in [2.75, 3.05) is 7.11 Å². The molecule has 100 valence electrons. The van der Waals surface area contributed by atoms with Gasteiger partial charge in [-0.25, -0.2) is 9.48 Å².